The molecule has 0 N–H and O–H groups in total. The van der Waals surface area contributed by atoms with Gasteiger partial charge in [0.05, 0.1) is 25.9 Å². The van der Waals surface area contributed by atoms with Crippen molar-refractivity contribution in [1.82, 2.24) is 4.90 Å². The van der Waals surface area contributed by atoms with Crippen molar-refractivity contribution in [3.63, 3.8) is 0 Å². The minimum absolute atomic E-state index is 0.0653. The summed E-state index contributed by atoms with van der Waals surface area (Å²) in [4.78, 5) is 25.3. The summed E-state index contributed by atoms with van der Waals surface area (Å²) < 4.78 is 11.2. The Morgan fingerprint density at radius 3 is 2.83 bits per heavy atom. The van der Waals surface area contributed by atoms with Gasteiger partial charge in [0.25, 0.3) is 0 Å². The van der Waals surface area contributed by atoms with Crippen LogP contribution in [0, 0.1) is 5.41 Å². The summed E-state index contributed by atoms with van der Waals surface area (Å²) in [5.41, 5.74) is 1.07. The Labute approximate surface area is 142 Å². The predicted octanol–water partition coefficient (Wildman–Crippen LogP) is 3.17. The summed E-state index contributed by atoms with van der Waals surface area (Å²) in [5.74, 6) is 0. The number of piperidine rings is 1. The van der Waals surface area contributed by atoms with E-state index in [4.69, 9.17) is 9.47 Å². The first-order valence-electron chi connectivity index (χ1n) is 8.72. The van der Waals surface area contributed by atoms with Crippen LogP contribution in [0.25, 0.3) is 0 Å². The maximum absolute atomic E-state index is 12.3. The molecule has 1 saturated heterocycles. The van der Waals surface area contributed by atoms with Crippen molar-refractivity contribution in [3.8, 4) is 0 Å². The van der Waals surface area contributed by atoms with Crippen molar-refractivity contribution in [3.05, 3.63) is 35.9 Å². The first-order chi connectivity index (χ1) is 11.7. The number of fused-ring (bicyclic) bond motifs is 1. The van der Waals surface area contributed by atoms with Crippen molar-refractivity contribution >= 4 is 12.4 Å². The zero-order valence-electron chi connectivity index (χ0n) is 14.1. The summed E-state index contributed by atoms with van der Waals surface area (Å²) in [6.45, 7) is 3.60. The number of likely N-dealkylation sites (tertiary alicyclic amines) is 1. The van der Waals surface area contributed by atoms with E-state index in [0.29, 0.717) is 26.2 Å². The van der Waals surface area contributed by atoms with Gasteiger partial charge in [-0.25, -0.2) is 4.79 Å². The fourth-order valence-corrected chi connectivity index (χ4v) is 3.60. The zero-order valence-corrected chi connectivity index (χ0v) is 14.1. The lowest BCUT2D eigenvalue weighted by Crippen LogP contribution is -2.39. The van der Waals surface area contributed by atoms with E-state index in [1.54, 1.807) is 4.90 Å². The number of carbonyl (C=O) groups is 2. The smallest absolute Gasteiger partial charge is 0.410 e. The van der Waals surface area contributed by atoms with Crippen LogP contribution in [0.3, 0.4) is 0 Å². The van der Waals surface area contributed by atoms with Crippen molar-refractivity contribution in [2.45, 2.75) is 51.3 Å². The molecule has 5 heteroatoms. The van der Waals surface area contributed by atoms with Gasteiger partial charge >= 0.3 is 6.09 Å². The van der Waals surface area contributed by atoms with Crippen molar-refractivity contribution in [2.75, 3.05) is 13.2 Å². The molecule has 1 aromatic carbocycles. The monoisotopic (exact) mass is 331 g/mol. The molecule has 130 valence electrons. The standard InChI is InChI=1S/C19H25NO4/c1-2-3-9-24-18(22)20-16(12-21)10-19(11-17(19)20)14-23-13-15-7-5-4-6-8-15/h4-8,12,16-17H,2-3,9-11,13-14H2,1H3. The van der Waals surface area contributed by atoms with E-state index in [1.807, 2.05) is 37.3 Å². The highest BCUT2D eigenvalue weighted by Crippen LogP contribution is 2.59. The summed E-state index contributed by atoms with van der Waals surface area (Å²) in [6.07, 6.45) is 3.92. The molecule has 2 fully saturated rings. The van der Waals surface area contributed by atoms with Crippen molar-refractivity contribution < 1.29 is 19.1 Å². The van der Waals surface area contributed by atoms with Gasteiger partial charge in [-0.05, 0) is 24.8 Å². The van der Waals surface area contributed by atoms with Gasteiger partial charge in [-0.3, -0.25) is 4.90 Å². The van der Waals surface area contributed by atoms with Crippen LogP contribution in [-0.2, 0) is 20.9 Å². The molecule has 3 atom stereocenters. The number of aldehydes is 1. The number of benzene rings is 1. The van der Waals surface area contributed by atoms with Crippen LogP contribution in [0.2, 0.25) is 0 Å². The highest BCUT2D eigenvalue weighted by molar-refractivity contribution is 5.76. The van der Waals surface area contributed by atoms with E-state index in [0.717, 1.165) is 31.1 Å². The van der Waals surface area contributed by atoms with Crippen LogP contribution in [-0.4, -0.2) is 42.6 Å². The van der Waals surface area contributed by atoms with Crippen LogP contribution < -0.4 is 0 Å². The molecule has 1 heterocycles. The number of ether oxygens (including phenoxy) is 2. The van der Waals surface area contributed by atoms with Crippen molar-refractivity contribution in [2.24, 2.45) is 5.41 Å². The molecule has 0 bridgehead atoms. The molecule has 0 spiro atoms. The van der Waals surface area contributed by atoms with Gasteiger partial charge in [-0.1, -0.05) is 43.7 Å². The van der Waals surface area contributed by atoms with Crippen LogP contribution >= 0.6 is 0 Å². The lowest BCUT2D eigenvalue weighted by molar-refractivity contribution is -0.111. The molecule has 24 heavy (non-hydrogen) atoms. The molecule has 0 radical (unpaired) electrons. The van der Waals surface area contributed by atoms with Gasteiger partial charge in [0, 0.05) is 11.5 Å². The summed E-state index contributed by atoms with van der Waals surface area (Å²) in [5, 5.41) is 0. The predicted molar refractivity (Wildman–Crippen MR) is 89.5 cm³/mol. The highest BCUT2D eigenvalue weighted by Gasteiger charge is 2.66. The number of hydrogen-bond donors (Lipinski definition) is 0. The highest BCUT2D eigenvalue weighted by atomic mass is 16.6. The average Bonchev–Trinajstić information content (AvgIpc) is 3.20. The molecule has 0 aromatic heterocycles. The van der Waals surface area contributed by atoms with E-state index < -0.39 is 0 Å². The van der Waals surface area contributed by atoms with Crippen LogP contribution in [0.5, 0.6) is 0 Å². The number of rotatable bonds is 8. The van der Waals surface area contributed by atoms with Gasteiger partial charge in [0.15, 0.2) is 0 Å². The molecular weight excluding hydrogens is 306 g/mol. The molecular formula is C19H25NO4. The third kappa shape index (κ3) is 3.46. The third-order valence-corrected chi connectivity index (χ3v) is 5.05. The summed E-state index contributed by atoms with van der Waals surface area (Å²) >= 11 is 0. The van der Waals surface area contributed by atoms with Gasteiger partial charge in [0.2, 0.25) is 0 Å². The Morgan fingerprint density at radius 1 is 1.33 bits per heavy atom. The first kappa shape index (κ1) is 17.0. The second kappa shape index (κ2) is 7.34. The largest absolute Gasteiger partial charge is 0.449 e. The SMILES string of the molecule is CCCCOC(=O)N1C(C=O)CC2(COCc3ccccc3)CC12. The Morgan fingerprint density at radius 2 is 2.12 bits per heavy atom. The fourth-order valence-electron chi connectivity index (χ4n) is 3.60. The number of unbranched alkanes of at least 4 members (excludes halogenated alkanes) is 1. The second-order valence-corrected chi connectivity index (χ2v) is 6.84. The fraction of sp³-hybridized carbons (Fsp3) is 0.579. The Kier molecular flexibility index (Phi) is 5.19. The van der Waals surface area contributed by atoms with Gasteiger partial charge < -0.3 is 14.3 Å². The van der Waals surface area contributed by atoms with Crippen molar-refractivity contribution in [1.29, 1.82) is 0 Å². The lowest BCUT2D eigenvalue weighted by Gasteiger charge is -2.22. The quantitative estimate of drug-likeness (QED) is 0.542. The molecule has 3 unspecified atom stereocenters. The molecule has 5 nitrogen and oxygen atoms in total. The number of nitrogens with zero attached hydrogens (tertiary/aromatic N) is 1. The van der Waals surface area contributed by atoms with Gasteiger partial charge in [0.1, 0.15) is 6.29 Å². The topological polar surface area (TPSA) is 55.8 Å². The Balaban J connectivity index is 1.53. The maximum atomic E-state index is 12.3. The molecule has 1 amide bonds. The Hall–Kier alpha value is -1.88. The van der Waals surface area contributed by atoms with Gasteiger partial charge in [-0.15, -0.1) is 0 Å². The van der Waals surface area contributed by atoms with Crippen LogP contribution in [0.4, 0.5) is 4.79 Å². The van der Waals surface area contributed by atoms with Crippen LogP contribution in [0.15, 0.2) is 30.3 Å². The normalized spacial score (nSPS) is 27.6. The average molecular weight is 331 g/mol. The zero-order chi connectivity index (χ0) is 17.0. The minimum Gasteiger partial charge on any atom is -0.449 e. The van der Waals surface area contributed by atoms with E-state index in [-0.39, 0.29) is 23.6 Å². The third-order valence-electron chi connectivity index (χ3n) is 5.05. The minimum atomic E-state index is -0.377. The number of hydrogen-bond acceptors (Lipinski definition) is 4. The molecule has 3 rings (SSSR count). The second-order valence-electron chi connectivity index (χ2n) is 6.84. The summed E-state index contributed by atoms with van der Waals surface area (Å²) in [7, 11) is 0. The van der Waals surface area contributed by atoms with E-state index >= 15 is 0 Å². The lowest BCUT2D eigenvalue weighted by atomic mass is 10.0. The van der Waals surface area contributed by atoms with E-state index in [2.05, 4.69) is 0 Å². The molecule has 1 aliphatic carbocycles. The molecule has 1 aliphatic heterocycles. The van der Waals surface area contributed by atoms with Gasteiger partial charge in [-0.2, -0.15) is 0 Å². The molecule has 1 aromatic rings. The van der Waals surface area contributed by atoms with E-state index in [9.17, 15) is 9.59 Å². The molecule has 2 aliphatic rings. The number of carbonyl (C=O) groups excluding carboxylic acids is 2. The van der Waals surface area contributed by atoms with E-state index in [1.165, 1.54) is 0 Å². The number of amides is 1. The maximum Gasteiger partial charge on any atom is 0.410 e. The van der Waals surface area contributed by atoms with Crippen LogP contribution in [0.1, 0.15) is 38.2 Å². The first-order valence-corrected chi connectivity index (χ1v) is 8.72. The molecule has 1 saturated carbocycles. The Bertz CT molecular complexity index is 576. The summed E-state index contributed by atoms with van der Waals surface area (Å²) in [6, 6.07) is 9.72.